The molecule has 8 nitrogen and oxygen atoms in total. The molecule has 1 amide bonds. The van der Waals surface area contributed by atoms with Gasteiger partial charge >= 0.3 is 152 Å². The molecule has 0 saturated heterocycles. The van der Waals surface area contributed by atoms with Gasteiger partial charge in [-0.3, -0.25) is 0 Å². The number of benzene rings is 2. The zero-order valence-corrected chi connectivity index (χ0v) is 15.8. The average molecular weight is 423 g/mol. The van der Waals surface area contributed by atoms with E-state index in [9.17, 15) is 27.6 Å². The van der Waals surface area contributed by atoms with Crippen LogP contribution in [0.25, 0.3) is 0 Å². The van der Waals surface area contributed by atoms with Crippen LogP contribution in [0, 0.1) is 0 Å². The van der Waals surface area contributed by atoms with E-state index >= 15 is 0 Å². The molecule has 0 bridgehead atoms. The number of aryl methyl sites for hydroxylation is 1. The molecule has 0 saturated carbocycles. The minimum absolute atomic E-state index is 0.0890. The second-order valence-corrected chi connectivity index (χ2v) is 9.11. The molecule has 4 N–H and O–H groups in total. The summed E-state index contributed by atoms with van der Waals surface area (Å²) in [4.78, 5) is 23.2. The van der Waals surface area contributed by atoms with Crippen LogP contribution in [-0.2, 0) is 23.5 Å². The van der Waals surface area contributed by atoms with Crippen molar-refractivity contribution in [2.24, 2.45) is 0 Å². The molecule has 0 spiro atoms. The van der Waals surface area contributed by atoms with E-state index in [0.717, 1.165) is 23.8 Å². The number of carbonyl (C=O) groups excluding carboxylic acids is 2. The molecule has 0 radical (unpaired) electrons. The molecule has 0 aliphatic carbocycles. The molecule has 1 atom stereocenters. The first-order chi connectivity index (χ1) is 12.2. The summed E-state index contributed by atoms with van der Waals surface area (Å²) in [7, 11) is 0. The summed E-state index contributed by atoms with van der Waals surface area (Å²) in [6, 6.07) is 9.59. The monoisotopic (exact) mass is 423 g/mol. The van der Waals surface area contributed by atoms with Crippen molar-refractivity contribution in [3.8, 4) is 11.5 Å². The van der Waals surface area contributed by atoms with Gasteiger partial charge in [0.2, 0.25) is 0 Å². The summed E-state index contributed by atoms with van der Waals surface area (Å²) < 4.78 is 27.2. The van der Waals surface area contributed by atoms with Gasteiger partial charge in [-0.15, -0.1) is 0 Å². The second-order valence-electron chi connectivity index (χ2n) is 5.53. The molecule has 2 aromatic rings. The average Bonchev–Trinajstić information content (AvgIpc) is 2.53. The molecule has 9 heteroatoms. The van der Waals surface area contributed by atoms with E-state index in [-0.39, 0.29) is 34.4 Å². The van der Waals surface area contributed by atoms with Crippen LogP contribution in [0.15, 0.2) is 42.5 Å². The van der Waals surface area contributed by atoms with E-state index in [0.29, 0.717) is 0 Å². The predicted molar refractivity (Wildman–Crippen MR) is 93.2 cm³/mol. The molecule has 138 valence electrons. The van der Waals surface area contributed by atoms with Crippen LogP contribution in [0.1, 0.15) is 18.9 Å². The molecular formula is C17H18AsNO7. The van der Waals surface area contributed by atoms with Crippen molar-refractivity contribution in [2.75, 3.05) is 5.32 Å². The van der Waals surface area contributed by atoms with Crippen molar-refractivity contribution >= 4 is 36.1 Å². The van der Waals surface area contributed by atoms with Crippen LogP contribution in [-0.4, -0.2) is 40.4 Å². The van der Waals surface area contributed by atoms with E-state index in [2.05, 4.69) is 5.32 Å². The van der Waals surface area contributed by atoms with Gasteiger partial charge < -0.3 is 0 Å². The van der Waals surface area contributed by atoms with E-state index in [1.54, 1.807) is 12.1 Å². The second kappa shape index (κ2) is 8.12. The SMILES string of the molecule is CC(=O)Nc1cc(O)ccc1[As](=O)(O)OC(=O)CCc1ccc(O)cc1. The third-order valence-electron chi connectivity index (χ3n) is 3.37. The Bertz CT molecular complexity index is 864. The Morgan fingerprint density at radius 3 is 2.31 bits per heavy atom. The zero-order valence-electron chi connectivity index (χ0n) is 13.9. The summed E-state index contributed by atoms with van der Waals surface area (Å²) in [5.74, 6) is -1.50. The van der Waals surface area contributed by atoms with Gasteiger partial charge in [0.25, 0.3) is 0 Å². The summed E-state index contributed by atoms with van der Waals surface area (Å²) in [5.41, 5.74) is 0.664. The fraction of sp³-hybridized carbons (Fsp3) is 0.176. The number of nitrogens with one attached hydrogen (secondary N) is 1. The molecule has 2 aromatic carbocycles. The van der Waals surface area contributed by atoms with Crippen molar-refractivity contribution in [1.82, 2.24) is 0 Å². The van der Waals surface area contributed by atoms with Gasteiger partial charge in [-0.05, 0) is 0 Å². The standard InChI is InChI=1S/C17H18AsNO7/c1-11(20)19-16-10-14(22)7-8-15(16)18(24,25)26-17(23)9-4-12-2-5-13(21)6-3-12/h2-3,5-8,10,21-22H,4,9H2,1H3,(H,19,20)(H,24,25). The Labute approximate surface area is 152 Å². The Balaban J connectivity index is 2.09. The van der Waals surface area contributed by atoms with Crippen molar-refractivity contribution in [2.45, 2.75) is 19.8 Å². The molecule has 1 unspecified atom stereocenters. The molecule has 0 aliphatic rings. The van der Waals surface area contributed by atoms with Gasteiger partial charge in [0.05, 0.1) is 0 Å². The number of anilines is 1. The first-order valence-corrected chi connectivity index (χ1v) is 10.9. The fourth-order valence-electron chi connectivity index (χ4n) is 2.20. The van der Waals surface area contributed by atoms with Gasteiger partial charge in [-0.2, -0.15) is 0 Å². The van der Waals surface area contributed by atoms with Crippen LogP contribution in [0.2, 0.25) is 0 Å². The van der Waals surface area contributed by atoms with Crippen molar-refractivity contribution in [3.63, 3.8) is 0 Å². The Morgan fingerprint density at radius 1 is 1.08 bits per heavy atom. The van der Waals surface area contributed by atoms with Gasteiger partial charge in [0, 0.05) is 0 Å². The van der Waals surface area contributed by atoms with E-state index in [1.807, 2.05) is 0 Å². The Kier molecular flexibility index (Phi) is 6.13. The van der Waals surface area contributed by atoms with Gasteiger partial charge in [0.15, 0.2) is 0 Å². The summed E-state index contributed by atoms with van der Waals surface area (Å²) >= 11 is -5.28. The first-order valence-electron chi connectivity index (χ1n) is 7.61. The number of hydrogen-bond acceptors (Lipinski definition) is 6. The van der Waals surface area contributed by atoms with Crippen LogP contribution in [0.4, 0.5) is 5.69 Å². The molecule has 0 aliphatic heterocycles. The van der Waals surface area contributed by atoms with E-state index in [4.69, 9.17) is 3.73 Å². The van der Waals surface area contributed by atoms with Crippen molar-refractivity contribution in [1.29, 1.82) is 0 Å². The first kappa shape index (κ1) is 19.6. The van der Waals surface area contributed by atoms with Crippen LogP contribution in [0.3, 0.4) is 0 Å². The van der Waals surface area contributed by atoms with Gasteiger partial charge in [0.1, 0.15) is 0 Å². The summed E-state index contributed by atoms with van der Waals surface area (Å²) in [5, 5.41) is 21.0. The molecule has 0 heterocycles. The molecule has 0 fully saturated rings. The predicted octanol–water partition coefficient (Wildman–Crippen LogP) is 0.801. The Morgan fingerprint density at radius 2 is 1.69 bits per heavy atom. The third-order valence-corrected chi connectivity index (χ3v) is 6.42. The number of phenolic OH excluding ortho intramolecular Hbond substituents is 2. The molecule has 0 aromatic heterocycles. The minimum atomic E-state index is -5.28. The van der Waals surface area contributed by atoms with Crippen molar-refractivity contribution in [3.05, 3.63) is 48.0 Å². The number of aromatic hydroxyl groups is 2. The van der Waals surface area contributed by atoms with Crippen molar-refractivity contribution < 1.29 is 31.4 Å². The molecule has 2 rings (SSSR count). The summed E-state index contributed by atoms with van der Waals surface area (Å²) in [6.07, 6.45) is 0.132. The van der Waals surface area contributed by atoms with Gasteiger partial charge in [-0.1, -0.05) is 0 Å². The quantitative estimate of drug-likeness (QED) is 0.505. The summed E-state index contributed by atoms with van der Waals surface area (Å²) in [6.45, 7) is 1.20. The number of phenols is 2. The zero-order chi connectivity index (χ0) is 19.3. The number of hydrogen-bond donors (Lipinski definition) is 4. The molecular weight excluding hydrogens is 405 g/mol. The normalized spacial score (nSPS) is 12.8. The van der Waals surface area contributed by atoms with E-state index in [1.165, 1.54) is 19.1 Å². The number of rotatable bonds is 6. The maximum atomic E-state index is 12.5. The van der Waals surface area contributed by atoms with Crippen LogP contribution >= 0.6 is 0 Å². The topological polar surface area (TPSA) is 133 Å². The van der Waals surface area contributed by atoms with Gasteiger partial charge in [-0.25, -0.2) is 0 Å². The van der Waals surface area contributed by atoms with Crippen LogP contribution < -0.4 is 9.67 Å². The van der Waals surface area contributed by atoms with Crippen LogP contribution in [0.5, 0.6) is 11.5 Å². The molecule has 26 heavy (non-hydrogen) atoms. The fourth-order valence-corrected chi connectivity index (χ4v) is 4.62. The number of amides is 1. The third kappa shape index (κ3) is 5.40. The maximum absolute atomic E-state index is 12.5. The Hall–Kier alpha value is -2.70. The number of carbonyl (C=O) groups is 2. The van der Waals surface area contributed by atoms with E-state index < -0.39 is 26.0 Å².